The molecule has 2 rings (SSSR count). The molecule has 1 aromatic rings. The summed E-state index contributed by atoms with van der Waals surface area (Å²) in [7, 11) is 0. The van der Waals surface area contributed by atoms with E-state index < -0.39 is 0 Å². The van der Waals surface area contributed by atoms with E-state index in [1.165, 1.54) is 11.1 Å². The Morgan fingerprint density at radius 3 is 3.00 bits per heavy atom. The summed E-state index contributed by atoms with van der Waals surface area (Å²) >= 11 is 3.50. The van der Waals surface area contributed by atoms with Crippen LogP contribution in [0.5, 0.6) is 5.75 Å². The topological polar surface area (TPSA) is 9.23 Å². The molecule has 1 atom stereocenters. The third-order valence-electron chi connectivity index (χ3n) is 2.50. The average Bonchev–Trinajstić information content (AvgIpc) is 2.47. The van der Waals surface area contributed by atoms with Crippen molar-refractivity contribution in [2.45, 2.75) is 32.8 Å². The van der Waals surface area contributed by atoms with Gasteiger partial charge in [0.2, 0.25) is 0 Å². The molecular formula is C11H13BrO. The summed E-state index contributed by atoms with van der Waals surface area (Å²) in [6.45, 7) is 4.27. The van der Waals surface area contributed by atoms with E-state index in [0.29, 0.717) is 6.10 Å². The Kier molecular flexibility index (Phi) is 2.33. The maximum Gasteiger partial charge on any atom is 0.126 e. The summed E-state index contributed by atoms with van der Waals surface area (Å²) in [5.41, 5.74) is 2.58. The smallest absolute Gasteiger partial charge is 0.126 e. The fourth-order valence-corrected chi connectivity index (χ4v) is 2.42. The first-order valence-electron chi connectivity index (χ1n) is 4.66. The van der Waals surface area contributed by atoms with E-state index in [-0.39, 0.29) is 0 Å². The number of hydrogen-bond acceptors (Lipinski definition) is 1. The summed E-state index contributed by atoms with van der Waals surface area (Å²) in [5, 5.41) is 0. The molecule has 0 amide bonds. The molecule has 0 saturated carbocycles. The minimum Gasteiger partial charge on any atom is -0.490 e. The van der Waals surface area contributed by atoms with Crippen molar-refractivity contribution in [1.29, 1.82) is 0 Å². The van der Waals surface area contributed by atoms with Crippen LogP contribution in [0.25, 0.3) is 0 Å². The van der Waals surface area contributed by atoms with Crippen molar-refractivity contribution in [3.63, 3.8) is 0 Å². The number of hydrogen-bond donors (Lipinski definition) is 0. The Morgan fingerprint density at radius 2 is 2.31 bits per heavy atom. The molecule has 0 aromatic heterocycles. The normalized spacial score (nSPS) is 19.8. The van der Waals surface area contributed by atoms with Crippen LogP contribution in [-0.4, -0.2) is 6.10 Å². The number of ether oxygens (including phenoxy) is 1. The third-order valence-corrected chi connectivity index (χ3v) is 2.96. The molecule has 0 fully saturated rings. The van der Waals surface area contributed by atoms with Crippen LogP contribution in [0.15, 0.2) is 16.6 Å². The Balaban J connectivity index is 2.40. The van der Waals surface area contributed by atoms with Crippen molar-refractivity contribution in [3.8, 4) is 5.75 Å². The molecule has 1 aromatic carbocycles. The van der Waals surface area contributed by atoms with Gasteiger partial charge in [-0.2, -0.15) is 0 Å². The zero-order valence-corrected chi connectivity index (χ0v) is 9.52. The van der Waals surface area contributed by atoms with E-state index in [2.05, 4.69) is 41.9 Å². The first-order valence-corrected chi connectivity index (χ1v) is 5.45. The van der Waals surface area contributed by atoms with Gasteiger partial charge in [-0.25, -0.2) is 0 Å². The monoisotopic (exact) mass is 240 g/mol. The molecule has 1 aliphatic heterocycles. The van der Waals surface area contributed by atoms with Crippen LogP contribution in [0, 0.1) is 6.92 Å². The summed E-state index contributed by atoms with van der Waals surface area (Å²) in [4.78, 5) is 0. The van der Waals surface area contributed by atoms with E-state index in [9.17, 15) is 0 Å². The van der Waals surface area contributed by atoms with Gasteiger partial charge in [0.1, 0.15) is 11.9 Å². The molecule has 0 saturated heterocycles. The lowest BCUT2D eigenvalue weighted by molar-refractivity contribution is 0.227. The van der Waals surface area contributed by atoms with Gasteiger partial charge in [-0.15, -0.1) is 0 Å². The zero-order chi connectivity index (χ0) is 9.42. The van der Waals surface area contributed by atoms with E-state index in [4.69, 9.17) is 4.74 Å². The van der Waals surface area contributed by atoms with Crippen LogP contribution < -0.4 is 4.74 Å². The standard InChI is InChI=1S/C11H13BrO/c1-3-10-6-8-5-9(12)4-7(2)11(8)13-10/h4-5,10H,3,6H2,1-2H3. The minimum absolute atomic E-state index is 0.392. The molecule has 0 radical (unpaired) electrons. The van der Waals surface area contributed by atoms with Crippen molar-refractivity contribution >= 4 is 15.9 Å². The highest BCUT2D eigenvalue weighted by molar-refractivity contribution is 9.10. The van der Waals surface area contributed by atoms with Gasteiger partial charge in [0.25, 0.3) is 0 Å². The number of benzene rings is 1. The number of fused-ring (bicyclic) bond motifs is 1. The highest BCUT2D eigenvalue weighted by Gasteiger charge is 2.22. The summed E-state index contributed by atoms with van der Waals surface area (Å²) in [6.07, 6.45) is 2.54. The maximum atomic E-state index is 5.82. The van der Waals surface area contributed by atoms with Crippen LogP contribution in [0.3, 0.4) is 0 Å². The highest BCUT2D eigenvalue weighted by atomic mass is 79.9. The van der Waals surface area contributed by atoms with Crippen LogP contribution in [0.2, 0.25) is 0 Å². The quantitative estimate of drug-likeness (QED) is 0.731. The fourth-order valence-electron chi connectivity index (χ4n) is 1.80. The summed E-state index contributed by atoms with van der Waals surface area (Å²) in [5.74, 6) is 1.11. The first kappa shape index (κ1) is 9.07. The predicted molar refractivity (Wildman–Crippen MR) is 57.3 cm³/mol. The van der Waals surface area contributed by atoms with E-state index >= 15 is 0 Å². The molecule has 1 heterocycles. The van der Waals surface area contributed by atoms with Crippen LogP contribution in [0.1, 0.15) is 24.5 Å². The predicted octanol–water partition coefficient (Wildman–Crippen LogP) is 3.47. The highest BCUT2D eigenvalue weighted by Crippen LogP contribution is 2.35. The number of halogens is 1. The van der Waals surface area contributed by atoms with E-state index in [1.807, 2.05) is 0 Å². The van der Waals surface area contributed by atoms with Gasteiger partial charge in [-0.1, -0.05) is 22.9 Å². The molecule has 70 valence electrons. The second-order valence-corrected chi connectivity index (χ2v) is 4.48. The molecular weight excluding hydrogens is 228 g/mol. The van der Waals surface area contributed by atoms with Crippen molar-refractivity contribution in [3.05, 3.63) is 27.7 Å². The SMILES string of the molecule is CCC1Cc2cc(Br)cc(C)c2O1. The lowest BCUT2D eigenvalue weighted by Gasteiger charge is -2.08. The van der Waals surface area contributed by atoms with Gasteiger partial charge < -0.3 is 4.74 Å². The van der Waals surface area contributed by atoms with Gasteiger partial charge in [0.15, 0.2) is 0 Å². The van der Waals surface area contributed by atoms with Crippen LogP contribution >= 0.6 is 15.9 Å². The lowest BCUT2D eigenvalue weighted by atomic mass is 10.1. The Bertz CT molecular complexity index is 333. The van der Waals surface area contributed by atoms with Gasteiger partial charge in [0.05, 0.1) is 0 Å². The maximum absolute atomic E-state index is 5.82. The lowest BCUT2D eigenvalue weighted by Crippen LogP contribution is -2.10. The van der Waals surface area contributed by atoms with Gasteiger partial charge in [-0.05, 0) is 36.6 Å². The van der Waals surface area contributed by atoms with E-state index in [0.717, 1.165) is 23.1 Å². The zero-order valence-electron chi connectivity index (χ0n) is 7.93. The van der Waals surface area contributed by atoms with Crippen LogP contribution in [-0.2, 0) is 6.42 Å². The largest absolute Gasteiger partial charge is 0.490 e. The van der Waals surface area contributed by atoms with Gasteiger partial charge >= 0.3 is 0 Å². The molecule has 0 aliphatic carbocycles. The number of rotatable bonds is 1. The molecule has 2 heteroatoms. The van der Waals surface area contributed by atoms with Crippen molar-refractivity contribution in [2.75, 3.05) is 0 Å². The third kappa shape index (κ3) is 1.60. The second kappa shape index (κ2) is 3.33. The second-order valence-electron chi connectivity index (χ2n) is 3.56. The van der Waals surface area contributed by atoms with Crippen molar-refractivity contribution in [2.24, 2.45) is 0 Å². The average molecular weight is 241 g/mol. The van der Waals surface area contributed by atoms with Gasteiger partial charge in [0, 0.05) is 10.9 Å². The molecule has 13 heavy (non-hydrogen) atoms. The van der Waals surface area contributed by atoms with Crippen molar-refractivity contribution < 1.29 is 4.74 Å². The molecule has 0 bridgehead atoms. The Labute approximate surface area is 87.2 Å². The molecule has 0 spiro atoms. The van der Waals surface area contributed by atoms with Crippen LogP contribution in [0.4, 0.5) is 0 Å². The van der Waals surface area contributed by atoms with Gasteiger partial charge in [-0.3, -0.25) is 0 Å². The fraction of sp³-hybridized carbons (Fsp3) is 0.455. The first-order chi connectivity index (χ1) is 6.20. The summed E-state index contributed by atoms with van der Waals surface area (Å²) < 4.78 is 6.98. The molecule has 1 nitrogen and oxygen atoms in total. The molecule has 1 aliphatic rings. The molecule has 0 N–H and O–H groups in total. The number of aryl methyl sites for hydroxylation is 1. The Morgan fingerprint density at radius 1 is 1.54 bits per heavy atom. The van der Waals surface area contributed by atoms with Crippen molar-refractivity contribution in [1.82, 2.24) is 0 Å². The molecule has 1 unspecified atom stereocenters. The summed E-state index contributed by atoms with van der Waals surface area (Å²) in [6, 6.07) is 4.27. The Hall–Kier alpha value is -0.500. The minimum atomic E-state index is 0.392. The van der Waals surface area contributed by atoms with E-state index in [1.54, 1.807) is 0 Å².